The zero-order valence-electron chi connectivity index (χ0n) is 12.9. The van der Waals surface area contributed by atoms with E-state index in [1.54, 1.807) is 10.9 Å². The van der Waals surface area contributed by atoms with Crippen LogP contribution in [0.4, 0.5) is 5.69 Å². The largest absolute Gasteiger partial charge is 0.379 e. The third-order valence-corrected chi connectivity index (χ3v) is 5.72. The summed E-state index contributed by atoms with van der Waals surface area (Å²) in [6.45, 7) is 5.37. The monoisotopic (exact) mass is 353 g/mol. The zero-order valence-corrected chi connectivity index (χ0v) is 14.4. The lowest BCUT2D eigenvalue weighted by molar-refractivity contribution is 0.217. The van der Waals surface area contributed by atoms with Gasteiger partial charge in [-0.15, -0.1) is 0 Å². The first-order chi connectivity index (χ1) is 9.97. The molecular weight excluding hydrogens is 330 g/mol. The van der Waals surface area contributed by atoms with Gasteiger partial charge in [-0.3, -0.25) is 4.79 Å². The summed E-state index contributed by atoms with van der Waals surface area (Å²) in [5, 5.41) is 7.90. The minimum absolute atomic E-state index is 0.0134. The van der Waals surface area contributed by atoms with Gasteiger partial charge >= 0.3 is 0 Å². The van der Waals surface area contributed by atoms with Crippen molar-refractivity contribution in [1.82, 2.24) is 9.78 Å². The second kappa shape index (κ2) is 5.75. The minimum Gasteiger partial charge on any atom is -0.379 e. The molecule has 2 aliphatic carbocycles. The van der Waals surface area contributed by atoms with E-state index in [0.717, 1.165) is 18.7 Å². The van der Waals surface area contributed by atoms with Gasteiger partial charge in [0.15, 0.2) is 0 Å². The smallest absolute Gasteiger partial charge is 0.283 e. The average Bonchev–Trinajstić information content (AvgIpc) is 3.24. The van der Waals surface area contributed by atoms with E-state index in [4.69, 9.17) is 0 Å². The van der Waals surface area contributed by atoms with Gasteiger partial charge in [0.25, 0.3) is 5.56 Å². The molecule has 0 amide bonds. The maximum Gasteiger partial charge on any atom is 0.283 e. The molecule has 1 N–H and O–H groups in total. The SMILES string of the molecule is CC1(C)CCCCC1Nc1cnn(CC2CC2)c(=O)c1Br. The number of nitrogens with one attached hydrogen (secondary N) is 1. The molecule has 2 aliphatic rings. The fraction of sp³-hybridized carbons (Fsp3) is 0.750. The topological polar surface area (TPSA) is 46.9 Å². The normalized spacial score (nSPS) is 24.8. The lowest BCUT2D eigenvalue weighted by Crippen LogP contribution is -2.39. The van der Waals surface area contributed by atoms with Crippen molar-refractivity contribution in [2.45, 2.75) is 65.0 Å². The zero-order chi connectivity index (χ0) is 15.0. The lowest BCUT2D eigenvalue weighted by Gasteiger charge is -2.39. The van der Waals surface area contributed by atoms with Crippen LogP contribution in [-0.2, 0) is 6.54 Å². The lowest BCUT2D eigenvalue weighted by atomic mass is 9.73. The highest BCUT2D eigenvalue weighted by Gasteiger charge is 2.32. The standard InChI is InChI=1S/C16H24BrN3O/c1-16(2)8-4-3-5-13(16)19-12-9-18-20(10-11-6-7-11)15(21)14(12)17/h9,11,13,19H,3-8,10H2,1-2H3. The number of rotatable bonds is 4. The molecule has 1 aromatic heterocycles. The quantitative estimate of drug-likeness (QED) is 0.895. The van der Waals surface area contributed by atoms with Crippen LogP contribution in [-0.4, -0.2) is 15.8 Å². The van der Waals surface area contributed by atoms with Crippen LogP contribution >= 0.6 is 15.9 Å². The molecule has 0 aromatic carbocycles. The Hall–Kier alpha value is -0.840. The molecular formula is C16H24BrN3O. The van der Waals surface area contributed by atoms with Crippen LogP contribution in [0.3, 0.4) is 0 Å². The maximum atomic E-state index is 12.4. The molecule has 1 heterocycles. The van der Waals surface area contributed by atoms with E-state index in [0.29, 0.717) is 16.4 Å². The number of hydrogen-bond donors (Lipinski definition) is 1. The molecule has 2 saturated carbocycles. The Bertz CT molecular complexity index is 577. The molecule has 1 unspecified atom stereocenters. The summed E-state index contributed by atoms with van der Waals surface area (Å²) in [5.74, 6) is 0.651. The molecule has 5 heteroatoms. The van der Waals surface area contributed by atoms with Gasteiger partial charge in [0.05, 0.1) is 11.9 Å². The van der Waals surface area contributed by atoms with Crippen LogP contribution in [0.15, 0.2) is 15.5 Å². The number of hydrogen-bond acceptors (Lipinski definition) is 3. The van der Waals surface area contributed by atoms with E-state index in [9.17, 15) is 4.79 Å². The molecule has 3 rings (SSSR count). The minimum atomic E-state index is -0.0134. The Labute approximate surface area is 134 Å². The predicted octanol–water partition coefficient (Wildman–Crippen LogP) is 3.80. The summed E-state index contributed by atoms with van der Waals surface area (Å²) in [5.41, 5.74) is 1.09. The highest BCUT2D eigenvalue weighted by atomic mass is 79.9. The molecule has 21 heavy (non-hydrogen) atoms. The first kappa shape index (κ1) is 15.1. The van der Waals surface area contributed by atoms with Crippen LogP contribution in [0, 0.1) is 11.3 Å². The molecule has 0 aliphatic heterocycles. The molecule has 4 nitrogen and oxygen atoms in total. The molecule has 0 radical (unpaired) electrons. The van der Waals surface area contributed by atoms with Crippen LogP contribution in [0.5, 0.6) is 0 Å². The fourth-order valence-corrected chi connectivity index (χ4v) is 3.61. The first-order valence-corrected chi connectivity index (χ1v) is 8.79. The Morgan fingerprint density at radius 1 is 1.38 bits per heavy atom. The van der Waals surface area contributed by atoms with E-state index in [-0.39, 0.29) is 11.0 Å². The van der Waals surface area contributed by atoms with Gasteiger partial charge in [0.1, 0.15) is 4.47 Å². The number of aromatic nitrogens is 2. The molecule has 2 fully saturated rings. The van der Waals surface area contributed by atoms with Crippen molar-refractivity contribution < 1.29 is 0 Å². The second-order valence-electron chi connectivity index (χ2n) is 7.23. The van der Waals surface area contributed by atoms with E-state index in [1.807, 2.05) is 0 Å². The third-order valence-electron chi connectivity index (χ3n) is 4.95. The van der Waals surface area contributed by atoms with E-state index in [2.05, 4.69) is 40.2 Å². The van der Waals surface area contributed by atoms with E-state index in [1.165, 1.54) is 32.1 Å². The van der Waals surface area contributed by atoms with Gasteiger partial charge in [-0.1, -0.05) is 26.7 Å². The fourth-order valence-electron chi connectivity index (χ4n) is 3.19. The predicted molar refractivity (Wildman–Crippen MR) is 88.6 cm³/mol. The van der Waals surface area contributed by atoms with Gasteiger partial charge in [-0.25, -0.2) is 4.68 Å². The second-order valence-corrected chi connectivity index (χ2v) is 8.03. The Morgan fingerprint density at radius 3 is 2.81 bits per heavy atom. The van der Waals surface area contributed by atoms with Crippen LogP contribution in [0.2, 0.25) is 0 Å². The molecule has 0 saturated heterocycles. The Morgan fingerprint density at radius 2 is 2.14 bits per heavy atom. The highest BCUT2D eigenvalue weighted by molar-refractivity contribution is 9.10. The van der Waals surface area contributed by atoms with Crippen molar-refractivity contribution >= 4 is 21.6 Å². The van der Waals surface area contributed by atoms with E-state index < -0.39 is 0 Å². The highest BCUT2D eigenvalue weighted by Crippen LogP contribution is 2.38. The molecule has 1 atom stereocenters. The van der Waals surface area contributed by atoms with Crippen molar-refractivity contribution in [2.75, 3.05) is 5.32 Å². The van der Waals surface area contributed by atoms with Crippen LogP contribution in [0.25, 0.3) is 0 Å². The molecule has 0 bridgehead atoms. The molecule has 0 spiro atoms. The van der Waals surface area contributed by atoms with Crippen LogP contribution < -0.4 is 10.9 Å². The summed E-state index contributed by atoms with van der Waals surface area (Å²) in [4.78, 5) is 12.4. The summed E-state index contributed by atoms with van der Waals surface area (Å²) < 4.78 is 2.22. The molecule has 116 valence electrons. The van der Waals surface area contributed by atoms with Crippen molar-refractivity contribution in [2.24, 2.45) is 11.3 Å². The van der Waals surface area contributed by atoms with Crippen molar-refractivity contribution in [1.29, 1.82) is 0 Å². The van der Waals surface area contributed by atoms with Crippen molar-refractivity contribution in [3.8, 4) is 0 Å². The summed E-state index contributed by atoms with van der Waals surface area (Å²) in [6, 6.07) is 0.406. The van der Waals surface area contributed by atoms with Crippen molar-refractivity contribution in [3.63, 3.8) is 0 Å². The third kappa shape index (κ3) is 3.33. The summed E-state index contributed by atoms with van der Waals surface area (Å²) in [6.07, 6.45) is 9.19. The number of halogens is 1. The van der Waals surface area contributed by atoms with Gasteiger partial charge in [-0.05, 0) is 52.9 Å². The number of anilines is 1. The van der Waals surface area contributed by atoms with Gasteiger partial charge < -0.3 is 5.32 Å². The summed E-state index contributed by atoms with van der Waals surface area (Å²) in [7, 11) is 0. The average molecular weight is 354 g/mol. The Kier molecular flexibility index (Phi) is 4.12. The number of nitrogens with zero attached hydrogens (tertiary/aromatic N) is 2. The summed E-state index contributed by atoms with van der Waals surface area (Å²) >= 11 is 3.47. The maximum absolute atomic E-state index is 12.4. The van der Waals surface area contributed by atoms with Gasteiger partial charge in [-0.2, -0.15) is 5.10 Å². The first-order valence-electron chi connectivity index (χ1n) is 7.99. The molecule has 1 aromatic rings. The van der Waals surface area contributed by atoms with Crippen molar-refractivity contribution in [3.05, 3.63) is 21.0 Å². The van der Waals surface area contributed by atoms with Gasteiger partial charge in [0, 0.05) is 12.6 Å². The van der Waals surface area contributed by atoms with Crippen LogP contribution in [0.1, 0.15) is 52.4 Å². The van der Waals surface area contributed by atoms with E-state index >= 15 is 0 Å². The van der Waals surface area contributed by atoms with Gasteiger partial charge in [0.2, 0.25) is 0 Å². The Balaban J connectivity index is 1.79.